The van der Waals surface area contributed by atoms with Crippen molar-refractivity contribution in [3.05, 3.63) is 75.2 Å². The van der Waals surface area contributed by atoms with Gasteiger partial charge >= 0.3 is 5.63 Å². The summed E-state index contributed by atoms with van der Waals surface area (Å²) in [4.78, 5) is 23.3. The van der Waals surface area contributed by atoms with E-state index in [-0.39, 0.29) is 12.2 Å². The third-order valence-electron chi connectivity index (χ3n) is 5.55. The van der Waals surface area contributed by atoms with Crippen LogP contribution in [0.1, 0.15) is 22.4 Å². The molecule has 0 fully saturated rings. The Bertz CT molecular complexity index is 1470. The molecule has 0 amide bonds. The SMILES string of the molecule is O=c1cc(COc2ncnc3sc4c(c23)CCC4)c2c(ccc3ccccc32)o1. The number of nitrogens with zero attached hydrogens (tertiary/aromatic N) is 2. The molecule has 5 aromatic rings. The lowest BCUT2D eigenvalue weighted by Crippen LogP contribution is -2.05. The van der Waals surface area contributed by atoms with Crippen LogP contribution in [0.4, 0.5) is 0 Å². The molecular formula is C23H16N2O3S. The lowest BCUT2D eigenvalue weighted by Gasteiger charge is -2.11. The first-order chi connectivity index (χ1) is 14.3. The highest BCUT2D eigenvalue weighted by Crippen LogP contribution is 2.40. The number of ether oxygens (including phenoxy) is 1. The van der Waals surface area contributed by atoms with Crippen molar-refractivity contribution in [3.8, 4) is 5.88 Å². The molecule has 2 aromatic carbocycles. The number of rotatable bonds is 3. The van der Waals surface area contributed by atoms with E-state index in [1.54, 1.807) is 17.7 Å². The van der Waals surface area contributed by atoms with Crippen molar-refractivity contribution in [2.24, 2.45) is 0 Å². The van der Waals surface area contributed by atoms with Crippen LogP contribution in [-0.2, 0) is 19.4 Å². The van der Waals surface area contributed by atoms with Gasteiger partial charge in [0.05, 0.1) is 5.39 Å². The number of thiophene rings is 1. The van der Waals surface area contributed by atoms with Gasteiger partial charge in [0.2, 0.25) is 5.88 Å². The van der Waals surface area contributed by atoms with Crippen molar-refractivity contribution in [1.29, 1.82) is 0 Å². The molecule has 0 bridgehead atoms. The minimum absolute atomic E-state index is 0.243. The Balaban J connectivity index is 1.48. The Morgan fingerprint density at radius 2 is 2.00 bits per heavy atom. The molecule has 3 aromatic heterocycles. The highest BCUT2D eigenvalue weighted by Gasteiger charge is 2.22. The molecule has 142 valence electrons. The molecule has 0 radical (unpaired) electrons. The van der Waals surface area contributed by atoms with E-state index < -0.39 is 0 Å². The van der Waals surface area contributed by atoms with Gasteiger partial charge in [-0.05, 0) is 41.7 Å². The van der Waals surface area contributed by atoms with Crippen molar-refractivity contribution in [2.45, 2.75) is 25.9 Å². The van der Waals surface area contributed by atoms with Crippen LogP contribution in [0, 0.1) is 0 Å². The van der Waals surface area contributed by atoms with Gasteiger partial charge in [-0.3, -0.25) is 0 Å². The third kappa shape index (κ3) is 2.63. The van der Waals surface area contributed by atoms with Gasteiger partial charge < -0.3 is 9.15 Å². The van der Waals surface area contributed by atoms with Crippen molar-refractivity contribution in [3.63, 3.8) is 0 Å². The van der Waals surface area contributed by atoms with Gasteiger partial charge in [0.15, 0.2) is 0 Å². The molecular weight excluding hydrogens is 384 g/mol. The first kappa shape index (κ1) is 16.7. The second-order valence-electron chi connectivity index (χ2n) is 7.26. The maximum Gasteiger partial charge on any atom is 0.336 e. The van der Waals surface area contributed by atoms with Gasteiger partial charge in [0, 0.05) is 21.9 Å². The summed E-state index contributed by atoms with van der Waals surface area (Å²) in [6.07, 6.45) is 4.87. The van der Waals surface area contributed by atoms with Gasteiger partial charge in [-0.25, -0.2) is 14.8 Å². The van der Waals surface area contributed by atoms with Crippen LogP contribution in [0.2, 0.25) is 0 Å². The average Bonchev–Trinajstić information content (AvgIpc) is 3.32. The Kier molecular flexibility index (Phi) is 3.67. The zero-order chi connectivity index (χ0) is 19.4. The van der Waals surface area contributed by atoms with Crippen LogP contribution >= 0.6 is 11.3 Å². The molecule has 6 rings (SSSR count). The summed E-state index contributed by atoms with van der Waals surface area (Å²) in [5.74, 6) is 0.594. The number of aromatic nitrogens is 2. The van der Waals surface area contributed by atoms with Gasteiger partial charge in [0.25, 0.3) is 0 Å². The first-order valence-corrected chi connectivity index (χ1v) is 10.4. The predicted molar refractivity (Wildman–Crippen MR) is 114 cm³/mol. The fraction of sp³-hybridized carbons (Fsp3) is 0.174. The molecule has 3 heterocycles. The molecule has 1 aliphatic rings. The standard InChI is InChI=1S/C23H16N2O3S/c26-19-10-14(20-15-5-2-1-4-13(15)8-9-17(20)28-19)11-27-22-21-16-6-3-7-18(16)29-23(21)25-12-24-22/h1-2,4-5,8-10,12H,3,6-7,11H2. The summed E-state index contributed by atoms with van der Waals surface area (Å²) in [5.41, 5.74) is 2.31. The minimum Gasteiger partial charge on any atom is -0.472 e. The first-order valence-electron chi connectivity index (χ1n) is 9.60. The lowest BCUT2D eigenvalue weighted by atomic mass is 10.0. The maximum absolute atomic E-state index is 12.1. The zero-order valence-corrected chi connectivity index (χ0v) is 16.3. The Morgan fingerprint density at radius 3 is 2.97 bits per heavy atom. The zero-order valence-electron chi connectivity index (χ0n) is 15.5. The topological polar surface area (TPSA) is 65.2 Å². The fourth-order valence-electron chi connectivity index (χ4n) is 4.29. The van der Waals surface area contributed by atoms with Crippen molar-refractivity contribution < 1.29 is 9.15 Å². The van der Waals surface area contributed by atoms with Crippen LogP contribution in [0.5, 0.6) is 5.88 Å². The van der Waals surface area contributed by atoms with Crippen molar-refractivity contribution >= 4 is 43.3 Å². The summed E-state index contributed by atoms with van der Waals surface area (Å²) in [5, 5.41) is 4.07. The van der Waals surface area contributed by atoms with Crippen LogP contribution in [0.15, 0.2) is 58.0 Å². The second-order valence-corrected chi connectivity index (χ2v) is 8.34. The van der Waals surface area contributed by atoms with E-state index in [4.69, 9.17) is 9.15 Å². The van der Waals surface area contributed by atoms with Gasteiger partial charge in [-0.1, -0.05) is 30.3 Å². The average molecular weight is 400 g/mol. The van der Waals surface area contributed by atoms with E-state index in [9.17, 15) is 4.79 Å². The van der Waals surface area contributed by atoms with Crippen molar-refractivity contribution in [1.82, 2.24) is 9.97 Å². The summed E-state index contributed by atoms with van der Waals surface area (Å²) in [7, 11) is 0. The van der Waals surface area contributed by atoms with Crippen LogP contribution in [0.3, 0.4) is 0 Å². The predicted octanol–water partition coefficient (Wildman–Crippen LogP) is 5.02. The lowest BCUT2D eigenvalue weighted by molar-refractivity contribution is 0.298. The molecule has 29 heavy (non-hydrogen) atoms. The minimum atomic E-state index is -0.379. The van der Waals surface area contributed by atoms with E-state index in [1.165, 1.54) is 22.9 Å². The Labute approximate surface area is 169 Å². The maximum atomic E-state index is 12.1. The monoisotopic (exact) mass is 400 g/mol. The molecule has 5 nitrogen and oxygen atoms in total. The third-order valence-corrected chi connectivity index (χ3v) is 6.75. The van der Waals surface area contributed by atoms with E-state index in [0.717, 1.165) is 44.8 Å². The molecule has 0 atom stereocenters. The molecule has 0 saturated heterocycles. The fourth-order valence-corrected chi connectivity index (χ4v) is 5.51. The van der Waals surface area contributed by atoms with Crippen LogP contribution in [0.25, 0.3) is 32.0 Å². The smallest absolute Gasteiger partial charge is 0.336 e. The van der Waals surface area contributed by atoms with E-state index in [0.29, 0.717) is 11.5 Å². The second kappa shape index (κ2) is 6.39. The molecule has 0 unspecified atom stereocenters. The van der Waals surface area contributed by atoms with Gasteiger partial charge in [-0.15, -0.1) is 11.3 Å². The van der Waals surface area contributed by atoms with Gasteiger partial charge in [-0.2, -0.15) is 0 Å². The van der Waals surface area contributed by atoms with Crippen LogP contribution < -0.4 is 10.4 Å². The van der Waals surface area contributed by atoms with E-state index in [1.807, 2.05) is 36.4 Å². The summed E-state index contributed by atoms with van der Waals surface area (Å²) < 4.78 is 11.6. The van der Waals surface area contributed by atoms with E-state index >= 15 is 0 Å². The molecule has 0 saturated carbocycles. The van der Waals surface area contributed by atoms with Crippen molar-refractivity contribution in [2.75, 3.05) is 0 Å². The summed E-state index contributed by atoms with van der Waals surface area (Å²) >= 11 is 1.73. The highest BCUT2D eigenvalue weighted by molar-refractivity contribution is 7.18. The number of fused-ring (bicyclic) bond motifs is 6. The number of aryl methyl sites for hydroxylation is 2. The Hall–Kier alpha value is -3.25. The quantitative estimate of drug-likeness (QED) is 0.314. The number of hydrogen-bond donors (Lipinski definition) is 0. The summed E-state index contributed by atoms with van der Waals surface area (Å²) in [6, 6.07) is 13.4. The largest absolute Gasteiger partial charge is 0.472 e. The molecule has 6 heteroatoms. The molecule has 0 aliphatic heterocycles. The normalized spacial score (nSPS) is 13.4. The number of hydrogen-bond acceptors (Lipinski definition) is 6. The Morgan fingerprint density at radius 1 is 1.07 bits per heavy atom. The molecule has 0 spiro atoms. The number of benzene rings is 2. The molecule has 0 N–H and O–H groups in total. The van der Waals surface area contributed by atoms with Gasteiger partial charge in [0.1, 0.15) is 23.3 Å². The van der Waals surface area contributed by atoms with E-state index in [2.05, 4.69) is 9.97 Å². The summed E-state index contributed by atoms with van der Waals surface area (Å²) in [6.45, 7) is 0.243. The van der Waals surface area contributed by atoms with Crippen LogP contribution in [-0.4, -0.2) is 9.97 Å². The highest BCUT2D eigenvalue weighted by atomic mass is 32.1. The molecule has 1 aliphatic carbocycles.